The first-order valence-corrected chi connectivity index (χ1v) is 8.54. The van der Waals surface area contributed by atoms with Crippen molar-refractivity contribution in [3.8, 4) is 17.2 Å². The van der Waals surface area contributed by atoms with Crippen LogP contribution in [-0.4, -0.2) is 25.2 Å². The number of carbonyl (C=O) groups excluding carboxylic acids is 1. The first-order valence-electron chi connectivity index (χ1n) is 8.16. The van der Waals surface area contributed by atoms with Gasteiger partial charge in [-0.05, 0) is 31.5 Å². The second-order valence-corrected chi connectivity index (χ2v) is 6.30. The molecule has 0 bridgehead atoms. The van der Waals surface area contributed by atoms with Gasteiger partial charge in [-0.1, -0.05) is 23.7 Å². The number of hydrogen-bond acceptors (Lipinski definition) is 4. The summed E-state index contributed by atoms with van der Waals surface area (Å²) >= 11 is 6.25. The third-order valence-corrected chi connectivity index (χ3v) is 4.08. The summed E-state index contributed by atoms with van der Waals surface area (Å²) in [5, 5.41) is 3.17. The third kappa shape index (κ3) is 4.37. The Morgan fingerprint density at radius 2 is 1.92 bits per heavy atom. The summed E-state index contributed by atoms with van der Waals surface area (Å²) in [7, 11) is 0. The average Bonchev–Trinajstić information content (AvgIpc) is 2.80. The Kier molecular flexibility index (Phi) is 5.34. The number of amides is 1. The van der Waals surface area contributed by atoms with Crippen molar-refractivity contribution in [2.24, 2.45) is 0 Å². The fourth-order valence-electron chi connectivity index (χ4n) is 2.46. The maximum atomic E-state index is 12.4. The van der Waals surface area contributed by atoms with E-state index in [1.165, 1.54) is 0 Å². The molecule has 1 amide bonds. The Labute approximate surface area is 151 Å². The second-order valence-electron chi connectivity index (χ2n) is 5.90. The molecule has 0 saturated carbocycles. The van der Waals surface area contributed by atoms with Gasteiger partial charge in [0.1, 0.15) is 5.75 Å². The monoisotopic (exact) mass is 361 g/mol. The van der Waals surface area contributed by atoms with Gasteiger partial charge in [0.15, 0.2) is 17.6 Å². The van der Waals surface area contributed by atoms with Crippen LogP contribution in [0.15, 0.2) is 36.4 Å². The number of halogens is 1. The van der Waals surface area contributed by atoms with Crippen molar-refractivity contribution in [2.75, 3.05) is 18.5 Å². The van der Waals surface area contributed by atoms with Crippen molar-refractivity contribution in [2.45, 2.75) is 26.4 Å². The zero-order valence-electron chi connectivity index (χ0n) is 14.2. The van der Waals surface area contributed by atoms with Gasteiger partial charge in [0, 0.05) is 18.6 Å². The standard InChI is InChI=1S/C19H20ClNO4/c1-12-5-3-6-14(9-12)25-13(2)19(22)21-16-11-18-17(10-15(16)20)23-7-4-8-24-18/h3,5-6,9-11,13H,4,7-8H2,1-2H3,(H,21,22). The molecule has 0 fully saturated rings. The molecule has 3 rings (SSSR count). The van der Waals surface area contributed by atoms with E-state index in [4.69, 9.17) is 25.8 Å². The lowest BCUT2D eigenvalue weighted by Gasteiger charge is -2.17. The van der Waals surface area contributed by atoms with Crippen LogP contribution in [0.1, 0.15) is 18.9 Å². The van der Waals surface area contributed by atoms with Gasteiger partial charge < -0.3 is 19.5 Å². The average molecular weight is 362 g/mol. The molecule has 132 valence electrons. The van der Waals surface area contributed by atoms with E-state index in [1.54, 1.807) is 19.1 Å². The van der Waals surface area contributed by atoms with Gasteiger partial charge in [0.05, 0.1) is 23.9 Å². The molecule has 0 spiro atoms. The Balaban J connectivity index is 1.70. The van der Waals surface area contributed by atoms with E-state index in [9.17, 15) is 4.79 Å². The van der Waals surface area contributed by atoms with Crippen LogP contribution < -0.4 is 19.5 Å². The van der Waals surface area contributed by atoms with Gasteiger partial charge >= 0.3 is 0 Å². The van der Waals surface area contributed by atoms with Gasteiger partial charge in [-0.3, -0.25) is 4.79 Å². The molecule has 0 radical (unpaired) electrons. The van der Waals surface area contributed by atoms with Gasteiger partial charge in [0.2, 0.25) is 0 Å². The summed E-state index contributed by atoms with van der Waals surface area (Å²) in [5.74, 6) is 1.51. The minimum absolute atomic E-state index is 0.294. The molecule has 1 atom stereocenters. The number of aryl methyl sites for hydroxylation is 1. The SMILES string of the molecule is Cc1cccc(OC(C)C(=O)Nc2cc3c(cc2Cl)OCCCO3)c1. The highest BCUT2D eigenvalue weighted by Gasteiger charge is 2.19. The molecule has 1 N–H and O–H groups in total. The lowest BCUT2D eigenvalue weighted by atomic mass is 10.2. The first kappa shape index (κ1) is 17.4. The van der Waals surface area contributed by atoms with Gasteiger partial charge in [-0.15, -0.1) is 0 Å². The lowest BCUT2D eigenvalue weighted by Crippen LogP contribution is -2.30. The Morgan fingerprint density at radius 3 is 2.64 bits per heavy atom. The quantitative estimate of drug-likeness (QED) is 0.886. The van der Waals surface area contributed by atoms with E-state index in [0.29, 0.717) is 41.2 Å². The van der Waals surface area contributed by atoms with Crippen molar-refractivity contribution in [3.05, 3.63) is 47.0 Å². The molecule has 25 heavy (non-hydrogen) atoms. The van der Waals surface area contributed by atoms with Gasteiger partial charge in [0.25, 0.3) is 5.91 Å². The Bertz CT molecular complexity index is 778. The van der Waals surface area contributed by atoms with E-state index in [0.717, 1.165) is 12.0 Å². The summed E-state index contributed by atoms with van der Waals surface area (Å²) < 4.78 is 16.9. The number of ether oxygens (including phenoxy) is 3. The van der Waals surface area contributed by atoms with Crippen molar-refractivity contribution in [3.63, 3.8) is 0 Å². The van der Waals surface area contributed by atoms with Crippen molar-refractivity contribution in [1.82, 2.24) is 0 Å². The predicted octanol–water partition coefficient (Wildman–Crippen LogP) is 4.22. The highest BCUT2D eigenvalue weighted by molar-refractivity contribution is 6.34. The number of carbonyl (C=O) groups is 1. The molecule has 2 aromatic rings. The summed E-state index contributed by atoms with van der Waals surface area (Å²) in [6, 6.07) is 10.9. The van der Waals surface area contributed by atoms with Crippen LogP contribution in [0.2, 0.25) is 5.02 Å². The van der Waals surface area contributed by atoms with Crippen molar-refractivity contribution in [1.29, 1.82) is 0 Å². The molecule has 1 unspecified atom stereocenters. The molecule has 1 aliphatic rings. The van der Waals surface area contributed by atoms with Crippen molar-refractivity contribution >= 4 is 23.2 Å². The van der Waals surface area contributed by atoms with Gasteiger partial charge in [-0.25, -0.2) is 0 Å². The Hall–Kier alpha value is -2.40. The topological polar surface area (TPSA) is 56.8 Å². The molecule has 2 aromatic carbocycles. The number of hydrogen-bond donors (Lipinski definition) is 1. The molecule has 0 aliphatic carbocycles. The van der Waals surface area contributed by atoms with Crippen LogP contribution in [0, 0.1) is 6.92 Å². The highest BCUT2D eigenvalue weighted by atomic mass is 35.5. The third-order valence-electron chi connectivity index (χ3n) is 3.77. The van der Waals surface area contributed by atoms with Crippen LogP contribution in [0.5, 0.6) is 17.2 Å². The molecule has 1 heterocycles. The molecule has 0 aromatic heterocycles. The summed E-state index contributed by atoms with van der Waals surface area (Å²) in [6.07, 6.45) is 0.129. The maximum Gasteiger partial charge on any atom is 0.265 e. The van der Waals surface area contributed by atoms with Crippen LogP contribution in [0.25, 0.3) is 0 Å². The minimum Gasteiger partial charge on any atom is -0.490 e. The minimum atomic E-state index is -0.672. The molecular formula is C19H20ClNO4. The van der Waals surface area contributed by atoms with E-state index in [1.807, 2.05) is 31.2 Å². The molecule has 1 aliphatic heterocycles. The zero-order valence-corrected chi connectivity index (χ0v) is 14.9. The van der Waals surface area contributed by atoms with Crippen molar-refractivity contribution < 1.29 is 19.0 Å². The molecule has 5 nitrogen and oxygen atoms in total. The summed E-state index contributed by atoms with van der Waals surface area (Å²) in [5.41, 5.74) is 1.53. The molecule has 0 saturated heterocycles. The van der Waals surface area contributed by atoms with E-state index in [-0.39, 0.29) is 5.91 Å². The Morgan fingerprint density at radius 1 is 1.20 bits per heavy atom. The smallest absolute Gasteiger partial charge is 0.265 e. The number of fused-ring (bicyclic) bond motifs is 1. The second kappa shape index (κ2) is 7.66. The van der Waals surface area contributed by atoms with Crippen LogP contribution in [-0.2, 0) is 4.79 Å². The van der Waals surface area contributed by atoms with Crippen LogP contribution in [0.4, 0.5) is 5.69 Å². The fourth-order valence-corrected chi connectivity index (χ4v) is 2.66. The van der Waals surface area contributed by atoms with E-state index in [2.05, 4.69) is 5.32 Å². The zero-order chi connectivity index (χ0) is 17.8. The number of anilines is 1. The normalized spacial score (nSPS) is 14.4. The molecule has 6 heteroatoms. The van der Waals surface area contributed by atoms with E-state index >= 15 is 0 Å². The molecular weight excluding hydrogens is 342 g/mol. The predicted molar refractivity (Wildman–Crippen MR) is 97.0 cm³/mol. The maximum absolute atomic E-state index is 12.4. The summed E-state index contributed by atoms with van der Waals surface area (Å²) in [6.45, 7) is 4.80. The van der Waals surface area contributed by atoms with Crippen LogP contribution in [0.3, 0.4) is 0 Å². The number of benzene rings is 2. The van der Waals surface area contributed by atoms with E-state index < -0.39 is 6.10 Å². The number of rotatable bonds is 4. The number of nitrogens with one attached hydrogen (secondary N) is 1. The lowest BCUT2D eigenvalue weighted by molar-refractivity contribution is -0.122. The highest BCUT2D eigenvalue weighted by Crippen LogP contribution is 2.37. The summed E-state index contributed by atoms with van der Waals surface area (Å²) in [4.78, 5) is 12.4. The largest absolute Gasteiger partial charge is 0.490 e. The fraction of sp³-hybridized carbons (Fsp3) is 0.316. The van der Waals surface area contributed by atoms with Gasteiger partial charge in [-0.2, -0.15) is 0 Å². The van der Waals surface area contributed by atoms with Crippen LogP contribution >= 0.6 is 11.6 Å². The first-order chi connectivity index (χ1) is 12.0.